The van der Waals surface area contributed by atoms with Gasteiger partial charge in [-0.15, -0.1) is 0 Å². The van der Waals surface area contributed by atoms with Crippen LogP contribution in [0.5, 0.6) is 0 Å². The summed E-state index contributed by atoms with van der Waals surface area (Å²) in [5, 5.41) is 4.14. The van der Waals surface area contributed by atoms with Crippen molar-refractivity contribution in [2.24, 2.45) is 0 Å². The summed E-state index contributed by atoms with van der Waals surface area (Å²) in [7, 11) is 0. The van der Waals surface area contributed by atoms with E-state index < -0.39 is 54.1 Å². The Morgan fingerprint density at radius 3 is 2.42 bits per heavy atom. The molecule has 0 spiro atoms. The van der Waals surface area contributed by atoms with Gasteiger partial charge < -0.3 is 15.4 Å². The van der Waals surface area contributed by atoms with Crippen LogP contribution in [0.25, 0.3) is 0 Å². The summed E-state index contributed by atoms with van der Waals surface area (Å²) >= 11 is 0. The number of nitrogens with zero attached hydrogens (tertiary/aromatic N) is 1. The second-order valence-corrected chi connectivity index (χ2v) is 8.11. The van der Waals surface area contributed by atoms with E-state index in [1.54, 1.807) is 33.0 Å². The topological polar surface area (TPSA) is 87.7 Å². The number of hydrogen-bond acceptors (Lipinski definition) is 4. The van der Waals surface area contributed by atoms with E-state index in [0.29, 0.717) is 0 Å². The molecule has 1 aliphatic heterocycles. The lowest BCUT2D eigenvalue weighted by molar-refractivity contribution is -0.139. The van der Waals surface area contributed by atoms with Crippen LogP contribution in [0.1, 0.15) is 39.7 Å². The average molecular weight is 447 g/mol. The van der Waals surface area contributed by atoms with Gasteiger partial charge in [0.1, 0.15) is 30.0 Å². The molecule has 2 atom stereocenters. The summed E-state index contributed by atoms with van der Waals surface area (Å²) in [6.07, 6.45) is -5.70. The van der Waals surface area contributed by atoms with E-state index in [0.717, 1.165) is 11.0 Å². The highest BCUT2D eigenvalue weighted by molar-refractivity contribution is 6.06. The normalized spacial score (nSPS) is 17.0. The Morgan fingerprint density at radius 1 is 1.23 bits per heavy atom. The molecule has 7 nitrogen and oxygen atoms in total. The number of halogens is 4. The molecule has 0 fully saturated rings. The Balaban J connectivity index is 2.31. The lowest BCUT2D eigenvalue weighted by Crippen LogP contribution is -2.55. The van der Waals surface area contributed by atoms with Crippen LogP contribution < -0.4 is 15.5 Å². The molecule has 1 aromatic carbocycles. The number of hydrogen-bond donors (Lipinski definition) is 2. The number of nitrogens with one attached hydrogen (secondary N) is 2. The third-order valence-electron chi connectivity index (χ3n) is 4.46. The average Bonchev–Trinajstić information content (AvgIpc) is 3.02. The number of amides is 3. The predicted octanol–water partition coefficient (Wildman–Crippen LogP) is 3.07. The molecule has 11 heteroatoms. The minimum Gasteiger partial charge on any atom is -0.444 e. The number of benzene rings is 1. The second-order valence-electron chi connectivity index (χ2n) is 8.11. The fourth-order valence-corrected chi connectivity index (χ4v) is 3.17. The zero-order valence-electron chi connectivity index (χ0n) is 17.6. The van der Waals surface area contributed by atoms with E-state index in [9.17, 15) is 31.9 Å². The number of anilines is 1. The van der Waals surface area contributed by atoms with Crippen molar-refractivity contribution in [2.45, 2.75) is 64.4 Å². The van der Waals surface area contributed by atoms with Gasteiger partial charge in [-0.3, -0.25) is 14.5 Å². The van der Waals surface area contributed by atoms with Crippen LogP contribution in [0.4, 0.5) is 28.0 Å². The quantitative estimate of drug-likeness (QED) is 0.680. The van der Waals surface area contributed by atoms with Gasteiger partial charge in [0.25, 0.3) is 0 Å². The fourth-order valence-electron chi connectivity index (χ4n) is 3.17. The van der Waals surface area contributed by atoms with Crippen molar-refractivity contribution in [2.75, 3.05) is 11.4 Å². The summed E-state index contributed by atoms with van der Waals surface area (Å²) in [4.78, 5) is 38.7. The SMILES string of the molecule is CC[C@H](NC(=O)OC(C)(C)C)C(=O)N1c2cccc(F)c2C[C@@H]1C(=O)NCC(F)(F)F. The standard InChI is InChI=1S/C20H25F4N3O4/c1-5-13(26-18(30)31-19(2,3)4)17(29)27-14-8-6-7-12(21)11(14)9-15(27)16(28)25-10-20(22,23)24/h6-8,13,15H,5,9-10H2,1-4H3,(H,25,28)(H,26,30)/t13-,15+/m0/s1. The number of fused-ring (bicyclic) bond motifs is 1. The molecule has 1 heterocycles. The summed E-state index contributed by atoms with van der Waals surface area (Å²) < 4.78 is 57.0. The largest absolute Gasteiger partial charge is 0.444 e. The number of carbonyl (C=O) groups is 3. The van der Waals surface area contributed by atoms with Gasteiger partial charge in [0, 0.05) is 12.0 Å². The molecule has 0 aromatic heterocycles. The first kappa shape index (κ1) is 24.4. The first-order valence-electron chi connectivity index (χ1n) is 9.68. The Morgan fingerprint density at radius 2 is 1.87 bits per heavy atom. The minimum atomic E-state index is -4.65. The van der Waals surface area contributed by atoms with Gasteiger partial charge in [-0.1, -0.05) is 13.0 Å². The molecule has 0 saturated carbocycles. The maximum atomic E-state index is 14.3. The van der Waals surface area contributed by atoms with Crippen molar-refractivity contribution < 1.29 is 36.7 Å². The van der Waals surface area contributed by atoms with Crippen LogP contribution >= 0.6 is 0 Å². The predicted molar refractivity (Wildman–Crippen MR) is 104 cm³/mol. The monoisotopic (exact) mass is 447 g/mol. The number of carbonyl (C=O) groups excluding carboxylic acids is 3. The molecule has 0 saturated heterocycles. The van der Waals surface area contributed by atoms with Gasteiger partial charge in [-0.05, 0) is 39.3 Å². The second kappa shape index (κ2) is 9.11. The molecule has 2 rings (SSSR count). The molecule has 172 valence electrons. The van der Waals surface area contributed by atoms with E-state index >= 15 is 0 Å². The first-order chi connectivity index (χ1) is 14.2. The molecule has 0 unspecified atom stereocenters. The van der Waals surface area contributed by atoms with E-state index in [4.69, 9.17) is 4.74 Å². The molecule has 0 radical (unpaired) electrons. The zero-order chi connectivity index (χ0) is 23.6. The maximum Gasteiger partial charge on any atom is 0.408 e. The highest BCUT2D eigenvalue weighted by Gasteiger charge is 2.43. The molecule has 31 heavy (non-hydrogen) atoms. The number of rotatable bonds is 5. The van der Waals surface area contributed by atoms with Crippen LogP contribution in [0.15, 0.2) is 18.2 Å². The lowest BCUT2D eigenvalue weighted by Gasteiger charge is -2.29. The highest BCUT2D eigenvalue weighted by Crippen LogP contribution is 2.35. The minimum absolute atomic E-state index is 0.0372. The lowest BCUT2D eigenvalue weighted by atomic mass is 10.1. The van der Waals surface area contributed by atoms with Gasteiger partial charge in [0.15, 0.2) is 0 Å². The molecule has 3 amide bonds. The van der Waals surface area contributed by atoms with E-state index in [-0.39, 0.29) is 24.1 Å². The van der Waals surface area contributed by atoms with Crippen molar-refractivity contribution in [3.8, 4) is 0 Å². The summed E-state index contributed by atoms with van der Waals surface area (Å²) in [5.74, 6) is -2.52. The van der Waals surface area contributed by atoms with E-state index in [2.05, 4.69) is 5.32 Å². The Bertz CT molecular complexity index is 852. The smallest absolute Gasteiger partial charge is 0.408 e. The van der Waals surface area contributed by atoms with Crippen molar-refractivity contribution in [1.29, 1.82) is 0 Å². The van der Waals surface area contributed by atoms with E-state index in [1.807, 2.05) is 0 Å². The number of ether oxygens (including phenoxy) is 1. The van der Waals surface area contributed by atoms with Gasteiger partial charge in [0.05, 0.1) is 5.69 Å². The first-order valence-corrected chi connectivity index (χ1v) is 9.68. The third-order valence-corrected chi connectivity index (χ3v) is 4.46. The van der Waals surface area contributed by atoms with Crippen LogP contribution in [0.3, 0.4) is 0 Å². The van der Waals surface area contributed by atoms with Crippen LogP contribution in [-0.2, 0) is 20.7 Å². The molecular formula is C20H25F4N3O4. The number of alkyl carbamates (subject to hydrolysis) is 1. The van der Waals surface area contributed by atoms with Crippen molar-refractivity contribution in [3.63, 3.8) is 0 Å². The van der Waals surface area contributed by atoms with Crippen LogP contribution in [-0.4, -0.2) is 48.3 Å². The zero-order valence-corrected chi connectivity index (χ0v) is 17.6. The van der Waals surface area contributed by atoms with Crippen LogP contribution in [0, 0.1) is 5.82 Å². The molecule has 1 aliphatic rings. The molecule has 2 N–H and O–H groups in total. The van der Waals surface area contributed by atoms with Crippen molar-refractivity contribution in [3.05, 3.63) is 29.6 Å². The fraction of sp³-hybridized carbons (Fsp3) is 0.550. The van der Waals surface area contributed by atoms with Crippen molar-refractivity contribution in [1.82, 2.24) is 10.6 Å². The molecular weight excluding hydrogens is 422 g/mol. The molecule has 0 aliphatic carbocycles. The third kappa shape index (κ3) is 6.31. The van der Waals surface area contributed by atoms with Gasteiger partial charge in [0.2, 0.25) is 11.8 Å². The Labute approximate surface area is 177 Å². The van der Waals surface area contributed by atoms with E-state index in [1.165, 1.54) is 12.1 Å². The van der Waals surface area contributed by atoms with Crippen molar-refractivity contribution >= 4 is 23.6 Å². The number of alkyl halides is 3. The summed E-state index contributed by atoms with van der Waals surface area (Å²) in [6.45, 7) is 4.92. The van der Waals surface area contributed by atoms with Gasteiger partial charge >= 0.3 is 12.3 Å². The molecule has 0 bridgehead atoms. The van der Waals surface area contributed by atoms with Gasteiger partial charge in [-0.25, -0.2) is 9.18 Å². The molecule has 1 aromatic rings. The maximum absolute atomic E-state index is 14.3. The highest BCUT2D eigenvalue weighted by atomic mass is 19.4. The van der Waals surface area contributed by atoms with Crippen LogP contribution in [0.2, 0.25) is 0 Å². The Kier molecular flexibility index (Phi) is 7.17. The summed E-state index contributed by atoms with van der Waals surface area (Å²) in [6, 6.07) is 1.33. The summed E-state index contributed by atoms with van der Waals surface area (Å²) in [5.41, 5.74) is -0.717. The Hall–Kier alpha value is -2.85. The van der Waals surface area contributed by atoms with Gasteiger partial charge in [-0.2, -0.15) is 13.2 Å².